The van der Waals surface area contributed by atoms with E-state index in [0.717, 1.165) is 34.8 Å². The van der Waals surface area contributed by atoms with Gasteiger partial charge < -0.3 is 10.2 Å². The molecule has 2 heterocycles. The van der Waals surface area contributed by atoms with Gasteiger partial charge in [0, 0.05) is 31.9 Å². The summed E-state index contributed by atoms with van der Waals surface area (Å²) in [4.78, 5) is 22.4. The number of hydrogen-bond acceptors (Lipinski definition) is 5. The summed E-state index contributed by atoms with van der Waals surface area (Å²) in [7, 11) is 6.04. The molecule has 27 heavy (non-hydrogen) atoms. The summed E-state index contributed by atoms with van der Waals surface area (Å²) in [5.74, 6) is -0.232. The number of benzene rings is 1. The van der Waals surface area contributed by atoms with Gasteiger partial charge in [0.2, 0.25) is 0 Å². The zero-order valence-corrected chi connectivity index (χ0v) is 16.1. The SMILES string of the molecule is Cc1cnc(C(=O)NCc2ccc(-c3cc(CN(C)C)n(C)n3)cc2)cn1. The van der Waals surface area contributed by atoms with E-state index in [1.54, 1.807) is 6.20 Å². The van der Waals surface area contributed by atoms with E-state index in [9.17, 15) is 4.79 Å². The maximum Gasteiger partial charge on any atom is 0.271 e. The van der Waals surface area contributed by atoms with Crippen LogP contribution < -0.4 is 5.32 Å². The van der Waals surface area contributed by atoms with E-state index in [-0.39, 0.29) is 5.91 Å². The number of carbonyl (C=O) groups is 1. The molecule has 1 N–H and O–H groups in total. The van der Waals surface area contributed by atoms with Gasteiger partial charge in [0.05, 0.1) is 23.3 Å². The molecule has 0 aliphatic heterocycles. The fourth-order valence-electron chi connectivity index (χ4n) is 2.70. The van der Waals surface area contributed by atoms with E-state index < -0.39 is 0 Å². The molecule has 7 nitrogen and oxygen atoms in total. The molecule has 3 rings (SSSR count). The molecule has 0 atom stereocenters. The van der Waals surface area contributed by atoms with E-state index in [2.05, 4.69) is 31.3 Å². The minimum atomic E-state index is -0.232. The van der Waals surface area contributed by atoms with Crippen molar-refractivity contribution in [1.29, 1.82) is 0 Å². The van der Waals surface area contributed by atoms with Crippen molar-refractivity contribution < 1.29 is 4.79 Å². The molecule has 0 saturated carbocycles. The molecule has 1 aromatic carbocycles. The van der Waals surface area contributed by atoms with E-state index in [1.807, 2.05) is 57.0 Å². The summed E-state index contributed by atoms with van der Waals surface area (Å²) in [6.07, 6.45) is 3.07. The van der Waals surface area contributed by atoms with Gasteiger partial charge in [0.25, 0.3) is 5.91 Å². The van der Waals surface area contributed by atoms with Crippen LogP contribution in [0.15, 0.2) is 42.7 Å². The number of aromatic nitrogens is 4. The Balaban J connectivity index is 1.63. The molecule has 140 valence electrons. The van der Waals surface area contributed by atoms with Gasteiger partial charge in [-0.15, -0.1) is 0 Å². The highest BCUT2D eigenvalue weighted by Crippen LogP contribution is 2.20. The Morgan fingerprint density at radius 3 is 2.52 bits per heavy atom. The number of aryl methyl sites for hydroxylation is 2. The fourth-order valence-corrected chi connectivity index (χ4v) is 2.70. The lowest BCUT2D eigenvalue weighted by atomic mass is 10.1. The third-order valence-corrected chi connectivity index (χ3v) is 4.17. The van der Waals surface area contributed by atoms with Crippen molar-refractivity contribution in [3.63, 3.8) is 0 Å². The number of nitrogens with zero attached hydrogens (tertiary/aromatic N) is 5. The van der Waals surface area contributed by atoms with Crippen LogP contribution in [0.5, 0.6) is 0 Å². The first-order valence-corrected chi connectivity index (χ1v) is 8.76. The lowest BCUT2D eigenvalue weighted by Crippen LogP contribution is -2.24. The average molecular weight is 364 g/mol. The summed E-state index contributed by atoms with van der Waals surface area (Å²) in [5, 5.41) is 7.45. The Bertz CT molecular complexity index is 913. The zero-order valence-electron chi connectivity index (χ0n) is 16.1. The van der Waals surface area contributed by atoms with Gasteiger partial charge in [-0.3, -0.25) is 14.5 Å². The van der Waals surface area contributed by atoms with Crippen molar-refractivity contribution in [2.45, 2.75) is 20.0 Å². The van der Waals surface area contributed by atoms with Crippen molar-refractivity contribution in [1.82, 2.24) is 30.0 Å². The Labute approximate surface area is 159 Å². The molecule has 0 bridgehead atoms. The maximum absolute atomic E-state index is 12.1. The van der Waals surface area contributed by atoms with Crippen molar-refractivity contribution in [3.05, 3.63) is 65.4 Å². The monoisotopic (exact) mass is 364 g/mol. The van der Waals surface area contributed by atoms with Gasteiger partial charge in [-0.2, -0.15) is 5.10 Å². The van der Waals surface area contributed by atoms with Crippen LogP contribution in [-0.2, 0) is 20.1 Å². The average Bonchev–Trinajstić information content (AvgIpc) is 3.00. The zero-order chi connectivity index (χ0) is 19.4. The van der Waals surface area contributed by atoms with E-state index in [1.165, 1.54) is 6.20 Å². The second kappa shape index (κ2) is 8.09. The molecule has 1 amide bonds. The molecule has 0 unspecified atom stereocenters. The van der Waals surface area contributed by atoms with Crippen LogP contribution in [0.3, 0.4) is 0 Å². The first-order chi connectivity index (χ1) is 12.9. The summed E-state index contributed by atoms with van der Waals surface area (Å²) in [6, 6.07) is 10.1. The van der Waals surface area contributed by atoms with Crippen molar-refractivity contribution in [3.8, 4) is 11.3 Å². The van der Waals surface area contributed by atoms with Gasteiger partial charge in [-0.1, -0.05) is 24.3 Å². The van der Waals surface area contributed by atoms with Gasteiger partial charge >= 0.3 is 0 Å². The quantitative estimate of drug-likeness (QED) is 0.725. The van der Waals surface area contributed by atoms with Gasteiger partial charge in [-0.05, 0) is 32.6 Å². The van der Waals surface area contributed by atoms with Crippen LogP contribution in [0, 0.1) is 6.92 Å². The van der Waals surface area contributed by atoms with Crippen LogP contribution in [0.2, 0.25) is 0 Å². The molecular formula is C20H24N6O. The predicted octanol–water partition coefficient (Wildman–Crippen LogP) is 2.18. The van der Waals surface area contributed by atoms with Gasteiger partial charge in [-0.25, -0.2) is 4.98 Å². The Morgan fingerprint density at radius 1 is 1.15 bits per heavy atom. The Morgan fingerprint density at radius 2 is 1.89 bits per heavy atom. The maximum atomic E-state index is 12.1. The molecule has 0 spiro atoms. The molecule has 0 fully saturated rings. The van der Waals surface area contributed by atoms with Gasteiger partial charge in [0.1, 0.15) is 5.69 Å². The lowest BCUT2D eigenvalue weighted by molar-refractivity contribution is 0.0945. The van der Waals surface area contributed by atoms with E-state index >= 15 is 0 Å². The number of hydrogen-bond donors (Lipinski definition) is 1. The predicted molar refractivity (Wildman–Crippen MR) is 104 cm³/mol. The first kappa shape index (κ1) is 18.7. The molecule has 2 aromatic heterocycles. The summed E-state index contributed by atoms with van der Waals surface area (Å²) >= 11 is 0. The summed E-state index contributed by atoms with van der Waals surface area (Å²) in [6.45, 7) is 3.11. The highest BCUT2D eigenvalue weighted by molar-refractivity contribution is 5.91. The second-order valence-electron chi connectivity index (χ2n) is 6.80. The third kappa shape index (κ3) is 4.77. The van der Waals surface area contributed by atoms with Crippen LogP contribution in [0.1, 0.15) is 27.4 Å². The fraction of sp³-hybridized carbons (Fsp3) is 0.300. The van der Waals surface area contributed by atoms with Crippen LogP contribution >= 0.6 is 0 Å². The Hall–Kier alpha value is -3.06. The smallest absolute Gasteiger partial charge is 0.271 e. The summed E-state index contributed by atoms with van der Waals surface area (Å²) < 4.78 is 1.91. The van der Waals surface area contributed by atoms with Crippen molar-refractivity contribution in [2.75, 3.05) is 14.1 Å². The molecule has 3 aromatic rings. The topological polar surface area (TPSA) is 75.9 Å². The van der Waals surface area contributed by atoms with Gasteiger partial charge in [0.15, 0.2) is 0 Å². The van der Waals surface area contributed by atoms with E-state index in [4.69, 9.17) is 0 Å². The van der Waals surface area contributed by atoms with Crippen LogP contribution in [-0.4, -0.2) is 44.7 Å². The molecule has 0 saturated heterocycles. The normalized spacial score (nSPS) is 11.0. The second-order valence-corrected chi connectivity index (χ2v) is 6.80. The first-order valence-electron chi connectivity index (χ1n) is 8.76. The number of amides is 1. The highest BCUT2D eigenvalue weighted by atomic mass is 16.1. The highest BCUT2D eigenvalue weighted by Gasteiger charge is 2.09. The number of carbonyl (C=O) groups excluding carboxylic acids is 1. The lowest BCUT2D eigenvalue weighted by Gasteiger charge is -2.08. The molecule has 7 heteroatoms. The Kier molecular flexibility index (Phi) is 5.61. The molecule has 0 aliphatic carbocycles. The molecule has 0 radical (unpaired) electrons. The molecule has 0 aliphatic rings. The van der Waals surface area contributed by atoms with Crippen LogP contribution in [0.25, 0.3) is 11.3 Å². The third-order valence-electron chi connectivity index (χ3n) is 4.17. The van der Waals surface area contributed by atoms with Crippen molar-refractivity contribution in [2.24, 2.45) is 7.05 Å². The summed E-state index contributed by atoms with van der Waals surface area (Å²) in [5.41, 5.74) is 5.27. The van der Waals surface area contributed by atoms with Crippen molar-refractivity contribution >= 4 is 5.91 Å². The minimum absolute atomic E-state index is 0.232. The van der Waals surface area contributed by atoms with E-state index in [0.29, 0.717) is 12.2 Å². The number of nitrogens with one attached hydrogen (secondary N) is 1. The minimum Gasteiger partial charge on any atom is -0.347 e. The standard InChI is InChI=1S/C20H24N6O/c1-14-10-22-19(12-21-14)20(27)23-11-15-5-7-16(8-6-15)18-9-17(13-25(2)3)26(4)24-18/h5-10,12H,11,13H2,1-4H3,(H,23,27). The molecular weight excluding hydrogens is 340 g/mol. The van der Waals surface area contributed by atoms with Crippen LogP contribution in [0.4, 0.5) is 0 Å². The number of rotatable bonds is 6. The largest absolute Gasteiger partial charge is 0.347 e.